The van der Waals surface area contributed by atoms with Crippen molar-refractivity contribution >= 4 is 23.3 Å². The Hall–Kier alpha value is -1.40. The van der Waals surface area contributed by atoms with Gasteiger partial charge in [0, 0.05) is 32.2 Å². The monoisotopic (exact) mass is 312 g/mol. The van der Waals surface area contributed by atoms with Crippen LogP contribution in [0.4, 0.5) is 5.82 Å². The van der Waals surface area contributed by atoms with Crippen LogP contribution in [0.1, 0.15) is 30.1 Å². The number of hydrogen-bond donors (Lipinski definition) is 1. The van der Waals surface area contributed by atoms with E-state index in [9.17, 15) is 4.79 Å². The third-order valence-electron chi connectivity index (χ3n) is 3.39. The molecule has 7 heteroatoms. The first-order chi connectivity index (χ1) is 10.0. The maximum Gasteiger partial charge on any atom is 0.239 e. The number of likely N-dealkylation sites (N-methyl/N-ethyl adjacent to an activating group) is 1. The van der Waals surface area contributed by atoms with Crippen LogP contribution in [0, 0.1) is 6.92 Å². The molecule has 2 rings (SSSR count). The molecule has 1 heterocycles. The summed E-state index contributed by atoms with van der Waals surface area (Å²) in [5.74, 6) is 1.86. The van der Waals surface area contributed by atoms with Crippen molar-refractivity contribution in [3.63, 3.8) is 0 Å². The van der Waals surface area contributed by atoms with Crippen molar-refractivity contribution in [3.8, 4) is 0 Å². The number of nitrogens with zero attached hydrogens (tertiary/aromatic N) is 3. The van der Waals surface area contributed by atoms with Gasteiger partial charge in [-0.3, -0.25) is 4.79 Å². The number of ether oxygens (including phenoxy) is 1. The normalized spacial score (nSPS) is 14.1. The zero-order valence-corrected chi connectivity index (χ0v) is 13.4. The van der Waals surface area contributed by atoms with Crippen LogP contribution in [-0.2, 0) is 9.53 Å². The molecular weight excluding hydrogens is 292 g/mol. The van der Waals surface area contributed by atoms with Crippen LogP contribution in [0.5, 0.6) is 0 Å². The van der Waals surface area contributed by atoms with E-state index in [2.05, 4.69) is 15.3 Å². The van der Waals surface area contributed by atoms with Crippen molar-refractivity contribution in [2.75, 3.05) is 38.8 Å². The van der Waals surface area contributed by atoms with E-state index in [4.69, 9.17) is 16.3 Å². The van der Waals surface area contributed by atoms with Crippen LogP contribution in [0.3, 0.4) is 0 Å². The second kappa shape index (κ2) is 7.04. The van der Waals surface area contributed by atoms with Gasteiger partial charge in [0.1, 0.15) is 16.8 Å². The van der Waals surface area contributed by atoms with Crippen molar-refractivity contribution in [2.45, 2.75) is 25.7 Å². The molecule has 1 fully saturated rings. The summed E-state index contributed by atoms with van der Waals surface area (Å²) in [5.41, 5.74) is 0.799. The fourth-order valence-electron chi connectivity index (χ4n) is 2.03. The SMILES string of the molecule is COCCNC(=O)CN(C)c1nc(C2CC2)nc(Cl)c1C. The molecule has 0 radical (unpaired) electrons. The van der Waals surface area contributed by atoms with Gasteiger partial charge in [0.25, 0.3) is 0 Å². The molecule has 1 saturated carbocycles. The van der Waals surface area contributed by atoms with E-state index in [1.54, 1.807) is 12.0 Å². The lowest BCUT2D eigenvalue weighted by Gasteiger charge is -2.20. The Kier molecular flexibility index (Phi) is 5.36. The third kappa shape index (κ3) is 4.28. The van der Waals surface area contributed by atoms with Gasteiger partial charge in [-0.15, -0.1) is 0 Å². The molecule has 1 N–H and O–H groups in total. The molecule has 1 aromatic heterocycles. The number of carbonyl (C=O) groups excluding carboxylic acids is 1. The van der Waals surface area contributed by atoms with E-state index in [1.807, 2.05) is 14.0 Å². The first kappa shape index (κ1) is 16.0. The van der Waals surface area contributed by atoms with Crippen LogP contribution < -0.4 is 10.2 Å². The second-order valence-electron chi connectivity index (χ2n) is 5.29. The van der Waals surface area contributed by atoms with E-state index in [0.717, 1.165) is 30.0 Å². The van der Waals surface area contributed by atoms with Crippen LogP contribution >= 0.6 is 11.6 Å². The van der Waals surface area contributed by atoms with Crippen LogP contribution in [0.15, 0.2) is 0 Å². The molecular formula is C14H21ClN4O2. The number of methoxy groups -OCH3 is 1. The summed E-state index contributed by atoms with van der Waals surface area (Å²) in [4.78, 5) is 22.5. The molecule has 0 aromatic carbocycles. The first-order valence-corrected chi connectivity index (χ1v) is 7.41. The third-order valence-corrected chi connectivity index (χ3v) is 3.76. The quantitative estimate of drug-likeness (QED) is 0.610. The molecule has 21 heavy (non-hydrogen) atoms. The largest absolute Gasteiger partial charge is 0.383 e. The van der Waals surface area contributed by atoms with Crippen molar-refractivity contribution in [2.24, 2.45) is 0 Å². The van der Waals surface area contributed by atoms with Gasteiger partial charge in [-0.25, -0.2) is 9.97 Å². The molecule has 0 unspecified atom stereocenters. The fraction of sp³-hybridized carbons (Fsp3) is 0.643. The van der Waals surface area contributed by atoms with Crippen molar-refractivity contribution < 1.29 is 9.53 Å². The molecule has 0 aliphatic heterocycles. The highest BCUT2D eigenvalue weighted by Gasteiger charge is 2.28. The van der Waals surface area contributed by atoms with Crippen LogP contribution in [0.2, 0.25) is 5.15 Å². The summed E-state index contributed by atoms with van der Waals surface area (Å²) >= 11 is 6.18. The smallest absolute Gasteiger partial charge is 0.239 e. The predicted octanol–water partition coefficient (Wildman–Crippen LogP) is 1.51. The zero-order valence-electron chi connectivity index (χ0n) is 12.6. The number of amides is 1. The summed E-state index contributed by atoms with van der Waals surface area (Å²) < 4.78 is 4.90. The highest BCUT2D eigenvalue weighted by molar-refractivity contribution is 6.30. The average Bonchev–Trinajstić information content (AvgIpc) is 3.26. The average molecular weight is 313 g/mol. The van der Waals surface area contributed by atoms with Gasteiger partial charge >= 0.3 is 0 Å². The minimum absolute atomic E-state index is 0.0725. The lowest BCUT2D eigenvalue weighted by molar-refractivity contribution is -0.119. The molecule has 1 amide bonds. The molecule has 116 valence electrons. The number of halogens is 1. The van der Waals surface area contributed by atoms with Gasteiger partial charge in [0.2, 0.25) is 5.91 Å². The van der Waals surface area contributed by atoms with Crippen LogP contribution in [-0.4, -0.2) is 49.7 Å². The van der Waals surface area contributed by atoms with E-state index in [0.29, 0.717) is 24.2 Å². The Balaban J connectivity index is 2.04. The molecule has 0 atom stereocenters. The van der Waals surface area contributed by atoms with Crippen LogP contribution in [0.25, 0.3) is 0 Å². The summed E-state index contributed by atoms with van der Waals surface area (Å²) in [5, 5.41) is 3.25. The number of aromatic nitrogens is 2. The topological polar surface area (TPSA) is 67.3 Å². The summed E-state index contributed by atoms with van der Waals surface area (Å²) in [7, 11) is 3.43. The molecule has 1 aromatic rings. The molecule has 6 nitrogen and oxygen atoms in total. The molecule has 0 spiro atoms. The second-order valence-corrected chi connectivity index (χ2v) is 5.65. The Morgan fingerprint density at radius 3 is 2.81 bits per heavy atom. The number of hydrogen-bond acceptors (Lipinski definition) is 5. The molecule has 1 aliphatic rings. The van der Waals surface area contributed by atoms with E-state index in [-0.39, 0.29) is 12.5 Å². The molecule has 1 aliphatic carbocycles. The fourth-order valence-corrected chi connectivity index (χ4v) is 2.20. The van der Waals surface area contributed by atoms with Crippen molar-refractivity contribution in [1.82, 2.24) is 15.3 Å². The van der Waals surface area contributed by atoms with E-state index < -0.39 is 0 Å². The number of rotatable bonds is 7. The zero-order chi connectivity index (χ0) is 15.4. The Morgan fingerprint density at radius 1 is 1.48 bits per heavy atom. The minimum Gasteiger partial charge on any atom is -0.383 e. The number of nitrogens with one attached hydrogen (secondary N) is 1. The van der Waals surface area contributed by atoms with Gasteiger partial charge in [0.05, 0.1) is 13.2 Å². The van der Waals surface area contributed by atoms with Gasteiger partial charge < -0.3 is 15.0 Å². The summed E-state index contributed by atoms with van der Waals surface area (Å²) in [6, 6.07) is 0. The lowest BCUT2D eigenvalue weighted by atomic mass is 10.3. The maximum atomic E-state index is 11.8. The Bertz CT molecular complexity index is 520. The Morgan fingerprint density at radius 2 is 2.19 bits per heavy atom. The minimum atomic E-state index is -0.0725. The maximum absolute atomic E-state index is 11.8. The lowest BCUT2D eigenvalue weighted by Crippen LogP contribution is -2.37. The van der Waals surface area contributed by atoms with Crippen molar-refractivity contribution in [3.05, 3.63) is 16.5 Å². The van der Waals surface area contributed by atoms with Gasteiger partial charge in [0.15, 0.2) is 0 Å². The Labute approximate surface area is 129 Å². The summed E-state index contributed by atoms with van der Waals surface area (Å²) in [6.45, 7) is 3.09. The predicted molar refractivity (Wildman–Crippen MR) is 81.9 cm³/mol. The van der Waals surface area contributed by atoms with E-state index >= 15 is 0 Å². The highest BCUT2D eigenvalue weighted by Crippen LogP contribution is 2.39. The first-order valence-electron chi connectivity index (χ1n) is 7.03. The van der Waals surface area contributed by atoms with Crippen molar-refractivity contribution in [1.29, 1.82) is 0 Å². The number of anilines is 1. The van der Waals surface area contributed by atoms with Gasteiger partial charge in [-0.1, -0.05) is 11.6 Å². The van der Waals surface area contributed by atoms with E-state index in [1.165, 1.54) is 0 Å². The number of carbonyl (C=O) groups is 1. The molecule has 0 bridgehead atoms. The standard InChI is InChI=1S/C14H21ClN4O2/c1-9-12(15)17-13(10-4-5-10)18-14(9)19(2)8-11(20)16-6-7-21-3/h10H,4-8H2,1-3H3,(H,16,20). The highest BCUT2D eigenvalue weighted by atomic mass is 35.5. The van der Waals surface area contributed by atoms with Gasteiger partial charge in [-0.05, 0) is 19.8 Å². The van der Waals surface area contributed by atoms with Gasteiger partial charge in [-0.2, -0.15) is 0 Å². The summed E-state index contributed by atoms with van der Waals surface area (Å²) in [6.07, 6.45) is 2.22. The molecule has 0 saturated heterocycles.